The average Bonchev–Trinajstić information content (AvgIpc) is 3.13. The minimum Gasteiger partial charge on any atom is -0.355 e. The molecular formula is C17H19BrFN3O2S. The molecule has 1 aliphatic heterocycles. The highest BCUT2D eigenvalue weighted by Crippen LogP contribution is 2.24. The minimum atomic E-state index is -3.45. The van der Waals surface area contributed by atoms with Crippen LogP contribution < -0.4 is 4.90 Å². The van der Waals surface area contributed by atoms with Gasteiger partial charge in [-0.2, -0.15) is 4.31 Å². The molecule has 0 spiro atoms. The molecule has 0 unspecified atom stereocenters. The highest BCUT2D eigenvalue weighted by atomic mass is 79.9. The van der Waals surface area contributed by atoms with Gasteiger partial charge in [-0.05, 0) is 42.7 Å². The first-order valence-corrected chi connectivity index (χ1v) is 10.2. The van der Waals surface area contributed by atoms with Gasteiger partial charge in [-0.25, -0.2) is 17.8 Å². The van der Waals surface area contributed by atoms with Crippen LogP contribution >= 0.6 is 15.9 Å². The Morgan fingerprint density at radius 3 is 2.56 bits per heavy atom. The summed E-state index contributed by atoms with van der Waals surface area (Å²) in [7, 11) is -1.59. The molecule has 1 aromatic heterocycles. The van der Waals surface area contributed by atoms with Crippen LogP contribution in [0.25, 0.3) is 0 Å². The molecular weight excluding hydrogens is 409 g/mol. The third kappa shape index (κ3) is 4.02. The van der Waals surface area contributed by atoms with Crippen molar-refractivity contribution < 1.29 is 12.8 Å². The molecule has 0 atom stereocenters. The second-order valence-electron chi connectivity index (χ2n) is 6.06. The van der Waals surface area contributed by atoms with Gasteiger partial charge in [0.1, 0.15) is 16.5 Å². The SMILES string of the molecule is CN(Cc1ccc(F)cc1Br)c1ccc(S(=O)(=O)N2CCCC2)cn1. The number of sulfonamides is 1. The van der Waals surface area contributed by atoms with Crippen molar-refractivity contribution in [2.75, 3.05) is 25.0 Å². The molecule has 0 aliphatic carbocycles. The summed E-state index contributed by atoms with van der Waals surface area (Å²) >= 11 is 3.35. The van der Waals surface area contributed by atoms with Crippen molar-refractivity contribution >= 4 is 31.8 Å². The predicted molar refractivity (Wildman–Crippen MR) is 98.4 cm³/mol. The first-order valence-electron chi connectivity index (χ1n) is 7.99. The molecule has 5 nitrogen and oxygen atoms in total. The molecule has 2 heterocycles. The van der Waals surface area contributed by atoms with E-state index in [9.17, 15) is 12.8 Å². The number of hydrogen-bond acceptors (Lipinski definition) is 4. The topological polar surface area (TPSA) is 53.5 Å². The maximum absolute atomic E-state index is 13.2. The molecule has 0 amide bonds. The van der Waals surface area contributed by atoms with Gasteiger partial charge in [0.05, 0.1) is 0 Å². The van der Waals surface area contributed by atoms with E-state index < -0.39 is 10.0 Å². The molecule has 2 aromatic rings. The number of aromatic nitrogens is 1. The Bertz CT molecular complexity index is 853. The lowest BCUT2D eigenvalue weighted by molar-refractivity contribution is 0.477. The van der Waals surface area contributed by atoms with Crippen molar-refractivity contribution in [1.82, 2.24) is 9.29 Å². The van der Waals surface area contributed by atoms with Crippen LogP contribution in [0.3, 0.4) is 0 Å². The maximum atomic E-state index is 13.2. The molecule has 0 N–H and O–H groups in total. The van der Waals surface area contributed by atoms with Crippen molar-refractivity contribution in [1.29, 1.82) is 0 Å². The number of nitrogens with zero attached hydrogens (tertiary/aromatic N) is 3. The molecule has 0 bridgehead atoms. The molecule has 1 aliphatic rings. The summed E-state index contributed by atoms with van der Waals surface area (Å²) in [6, 6.07) is 7.82. The number of anilines is 1. The van der Waals surface area contributed by atoms with Crippen molar-refractivity contribution in [2.24, 2.45) is 0 Å². The van der Waals surface area contributed by atoms with Gasteiger partial charge < -0.3 is 4.90 Å². The Labute approximate surface area is 155 Å². The minimum absolute atomic E-state index is 0.217. The van der Waals surface area contributed by atoms with Gasteiger partial charge in [0.15, 0.2) is 0 Å². The van der Waals surface area contributed by atoms with Gasteiger partial charge in [0.2, 0.25) is 10.0 Å². The molecule has 0 saturated carbocycles. The number of benzene rings is 1. The highest BCUT2D eigenvalue weighted by molar-refractivity contribution is 9.10. The normalized spacial score (nSPS) is 15.5. The van der Waals surface area contributed by atoms with E-state index in [1.165, 1.54) is 22.6 Å². The summed E-state index contributed by atoms with van der Waals surface area (Å²) in [6.45, 7) is 1.66. The van der Waals surface area contributed by atoms with E-state index in [1.54, 1.807) is 18.2 Å². The smallest absolute Gasteiger partial charge is 0.244 e. The first-order chi connectivity index (χ1) is 11.9. The molecule has 1 aromatic carbocycles. The van der Waals surface area contributed by atoms with E-state index in [1.807, 2.05) is 11.9 Å². The Balaban J connectivity index is 1.75. The third-order valence-corrected chi connectivity index (χ3v) is 6.86. The van der Waals surface area contributed by atoms with Crippen molar-refractivity contribution in [3.05, 3.63) is 52.4 Å². The summed E-state index contributed by atoms with van der Waals surface area (Å²) in [5.74, 6) is 0.351. The quantitative estimate of drug-likeness (QED) is 0.733. The number of hydrogen-bond donors (Lipinski definition) is 0. The monoisotopic (exact) mass is 427 g/mol. The lowest BCUT2D eigenvalue weighted by atomic mass is 10.2. The summed E-state index contributed by atoms with van der Waals surface area (Å²) in [4.78, 5) is 6.39. The van der Waals surface area contributed by atoms with Crippen LogP contribution in [0, 0.1) is 5.82 Å². The third-order valence-electron chi connectivity index (χ3n) is 4.24. The van der Waals surface area contributed by atoms with E-state index in [4.69, 9.17) is 0 Å². The van der Waals surface area contributed by atoms with Gasteiger partial charge in [0, 0.05) is 37.4 Å². The molecule has 25 heavy (non-hydrogen) atoms. The summed E-state index contributed by atoms with van der Waals surface area (Å²) in [6.07, 6.45) is 3.21. The molecule has 134 valence electrons. The first kappa shape index (κ1) is 18.3. The van der Waals surface area contributed by atoms with Crippen molar-refractivity contribution in [3.8, 4) is 0 Å². The van der Waals surface area contributed by atoms with Crippen LogP contribution in [0.2, 0.25) is 0 Å². The standard InChI is InChI=1S/C17H19BrFN3O2S/c1-21(12-13-4-5-14(19)10-16(13)18)17-7-6-15(11-20-17)25(23,24)22-8-2-3-9-22/h4-7,10-11H,2-3,8-9,12H2,1H3. The van der Waals surface area contributed by atoms with Crippen LogP contribution in [-0.4, -0.2) is 37.8 Å². The van der Waals surface area contributed by atoms with Gasteiger partial charge in [0.25, 0.3) is 0 Å². The van der Waals surface area contributed by atoms with Crippen LogP contribution in [0.4, 0.5) is 10.2 Å². The van der Waals surface area contributed by atoms with Gasteiger partial charge >= 0.3 is 0 Å². The molecule has 8 heteroatoms. The van der Waals surface area contributed by atoms with E-state index in [0.29, 0.717) is 29.9 Å². The molecule has 1 saturated heterocycles. The van der Waals surface area contributed by atoms with Crippen molar-refractivity contribution in [3.63, 3.8) is 0 Å². The molecule has 3 rings (SSSR count). The summed E-state index contributed by atoms with van der Waals surface area (Å²) in [5, 5.41) is 0. The lowest BCUT2D eigenvalue weighted by Crippen LogP contribution is -2.28. The second kappa shape index (κ2) is 7.39. The summed E-state index contributed by atoms with van der Waals surface area (Å²) in [5.41, 5.74) is 0.916. The fourth-order valence-electron chi connectivity index (χ4n) is 2.81. The molecule has 1 fully saturated rings. The Morgan fingerprint density at radius 2 is 1.96 bits per heavy atom. The number of halogens is 2. The Hall–Kier alpha value is -1.51. The Kier molecular flexibility index (Phi) is 5.41. The maximum Gasteiger partial charge on any atom is 0.244 e. The molecule has 0 radical (unpaired) electrons. The van der Waals surface area contributed by atoms with E-state index >= 15 is 0 Å². The zero-order chi connectivity index (χ0) is 18.0. The largest absolute Gasteiger partial charge is 0.355 e. The van der Waals surface area contributed by atoms with Crippen LogP contribution in [0.1, 0.15) is 18.4 Å². The predicted octanol–water partition coefficient (Wildman–Crippen LogP) is 3.40. The van der Waals surface area contributed by atoms with E-state index in [-0.39, 0.29) is 10.7 Å². The number of rotatable bonds is 5. The van der Waals surface area contributed by atoms with Crippen molar-refractivity contribution in [2.45, 2.75) is 24.3 Å². The zero-order valence-corrected chi connectivity index (χ0v) is 16.2. The Morgan fingerprint density at radius 1 is 1.24 bits per heavy atom. The summed E-state index contributed by atoms with van der Waals surface area (Å²) < 4.78 is 40.4. The average molecular weight is 428 g/mol. The lowest BCUT2D eigenvalue weighted by Gasteiger charge is -2.20. The van der Waals surface area contributed by atoms with Gasteiger partial charge in [-0.1, -0.05) is 22.0 Å². The van der Waals surface area contributed by atoms with Gasteiger partial charge in [-0.15, -0.1) is 0 Å². The number of pyridine rings is 1. The highest BCUT2D eigenvalue weighted by Gasteiger charge is 2.27. The fraction of sp³-hybridized carbons (Fsp3) is 0.353. The van der Waals surface area contributed by atoms with E-state index in [0.717, 1.165) is 18.4 Å². The zero-order valence-electron chi connectivity index (χ0n) is 13.8. The van der Waals surface area contributed by atoms with Crippen LogP contribution in [0.15, 0.2) is 45.9 Å². The fourth-order valence-corrected chi connectivity index (χ4v) is 4.75. The van der Waals surface area contributed by atoms with Gasteiger partial charge in [-0.3, -0.25) is 0 Å². The van der Waals surface area contributed by atoms with Crippen LogP contribution in [0.5, 0.6) is 0 Å². The second-order valence-corrected chi connectivity index (χ2v) is 8.85. The van der Waals surface area contributed by atoms with Crippen LogP contribution in [-0.2, 0) is 16.6 Å². The van der Waals surface area contributed by atoms with E-state index in [2.05, 4.69) is 20.9 Å².